The summed E-state index contributed by atoms with van der Waals surface area (Å²) in [5, 5.41) is 18.3. The van der Waals surface area contributed by atoms with Crippen LogP contribution in [0.3, 0.4) is 0 Å². The van der Waals surface area contributed by atoms with Crippen LogP contribution >= 0.6 is 0 Å². The minimum Gasteiger partial charge on any atom is -0.400 e. The Morgan fingerprint density at radius 3 is 2.38 bits per heavy atom. The van der Waals surface area contributed by atoms with Crippen LogP contribution in [0, 0.1) is 11.3 Å². The lowest BCUT2D eigenvalue weighted by Crippen LogP contribution is -2.41. The summed E-state index contributed by atoms with van der Waals surface area (Å²) in [7, 11) is -0.587. The van der Waals surface area contributed by atoms with Crippen LogP contribution in [0.5, 0.6) is 0 Å². The Kier molecular flexibility index (Phi) is 4.19. The Balaban J connectivity index is 2.24. The van der Waals surface area contributed by atoms with E-state index in [9.17, 15) is 5.11 Å². The third kappa shape index (κ3) is 3.16. The van der Waals surface area contributed by atoms with Gasteiger partial charge in [0.1, 0.15) is 11.8 Å². The average molecular weight is 286 g/mol. The van der Waals surface area contributed by atoms with Gasteiger partial charge in [-0.3, -0.25) is 0 Å². The van der Waals surface area contributed by atoms with Crippen molar-refractivity contribution in [3.63, 3.8) is 0 Å². The van der Waals surface area contributed by atoms with Crippen molar-refractivity contribution in [2.24, 2.45) is 0 Å². The zero-order valence-electron chi connectivity index (χ0n) is 12.8. The van der Waals surface area contributed by atoms with Gasteiger partial charge in [-0.15, -0.1) is 0 Å². The van der Waals surface area contributed by atoms with Crippen LogP contribution in [-0.2, 0) is 9.31 Å². The van der Waals surface area contributed by atoms with Gasteiger partial charge >= 0.3 is 7.12 Å². The van der Waals surface area contributed by atoms with Crippen molar-refractivity contribution in [1.82, 2.24) is 4.98 Å². The number of aliphatic hydroxyl groups is 1. The zero-order valence-corrected chi connectivity index (χ0v) is 12.8. The second kappa shape index (κ2) is 5.61. The van der Waals surface area contributed by atoms with Crippen molar-refractivity contribution < 1.29 is 14.4 Å². The summed E-state index contributed by atoms with van der Waals surface area (Å²) >= 11 is 0. The number of rotatable bonds is 3. The first kappa shape index (κ1) is 15.7. The molecule has 0 bridgehead atoms. The lowest BCUT2D eigenvalue weighted by atomic mass is 9.77. The van der Waals surface area contributed by atoms with Crippen LogP contribution in [0.1, 0.15) is 39.0 Å². The molecule has 0 saturated carbocycles. The molecular formula is C15H19BN2O3. The van der Waals surface area contributed by atoms with Crippen molar-refractivity contribution in [2.75, 3.05) is 6.61 Å². The molecule has 1 N–H and O–H groups in total. The monoisotopic (exact) mass is 286 g/mol. The molecule has 0 amide bonds. The fourth-order valence-electron chi connectivity index (χ4n) is 1.95. The topological polar surface area (TPSA) is 75.4 Å². The highest BCUT2D eigenvalue weighted by molar-refractivity contribution is 6.55. The van der Waals surface area contributed by atoms with E-state index in [1.807, 2.05) is 33.8 Å². The van der Waals surface area contributed by atoms with E-state index in [0.29, 0.717) is 11.2 Å². The molecule has 0 unspecified atom stereocenters. The van der Waals surface area contributed by atoms with E-state index in [2.05, 4.69) is 4.98 Å². The van der Waals surface area contributed by atoms with Crippen LogP contribution in [-0.4, -0.2) is 35.0 Å². The van der Waals surface area contributed by atoms with Gasteiger partial charge in [0.2, 0.25) is 0 Å². The molecule has 2 heterocycles. The summed E-state index contributed by atoms with van der Waals surface area (Å²) in [4.78, 5) is 4.00. The Morgan fingerprint density at radius 2 is 1.95 bits per heavy atom. The van der Waals surface area contributed by atoms with E-state index in [1.54, 1.807) is 24.4 Å². The van der Waals surface area contributed by atoms with Crippen LogP contribution < -0.4 is 0 Å². The van der Waals surface area contributed by atoms with E-state index >= 15 is 0 Å². The number of nitriles is 1. The molecular weight excluding hydrogens is 267 g/mol. The molecule has 5 nitrogen and oxygen atoms in total. The molecule has 1 aliphatic heterocycles. The molecule has 1 saturated heterocycles. The van der Waals surface area contributed by atoms with E-state index in [1.165, 1.54) is 0 Å². The maximum absolute atomic E-state index is 9.59. The van der Waals surface area contributed by atoms with Gasteiger partial charge in [-0.25, -0.2) is 4.98 Å². The smallest absolute Gasteiger partial charge is 0.400 e. The highest BCUT2D eigenvalue weighted by Gasteiger charge is 2.52. The van der Waals surface area contributed by atoms with Gasteiger partial charge in [-0.1, -0.05) is 12.1 Å². The molecule has 1 aromatic heterocycles. The largest absolute Gasteiger partial charge is 0.492 e. The molecule has 0 atom stereocenters. The Hall–Kier alpha value is -1.68. The molecule has 0 aliphatic carbocycles. The van der Waals surface area contributed by atoms with Gasteiger partial charge in [0.05, 0.1) is 17.8 Å². The Morgan fingerprint density at radius 1 is 1.33 bits per heavy atom. The first-order valence-electron chi connectivity index (χ1n) is 6.82. The fraction of sp³-hybridized carbons (Fsp3) is 0.467. The lowest BCUT2D eigenvalue weighted by molar-refractivity contribution is 0.00578. The maximum atomic E-state index is 9.59. The second-order valence-corrected chi connectivity index (χ2v) is 6.05. The first-order valence-corrected chi connectivity index (χ1v) is 6.82. The quantitative estimate of drug-likeness (QED) is 0.860. The molecule has 110 valence electrons. The van der Waals surface area contributed by atoms with Crippen molar-refractivity contribution in [3.05, 3.63) is 35.1 Å². The van der Waals surface area contributed by atoms with E-state index in [0.717, 1.165) is 5.56 Å². The summed E-state index contributed by atoms with van der Waals surface area (Å²) in [6.45, 7) is 7.68. The molecule has 1 fully saturated rings. The van der Waals surface area contributed by atoms with Crippen LogP contribution in [0.25, 0.3) is 6.08 Å². The summed E-state index contributed by atoms with van der Waals surface area (Å²) < 4.78 is 11.8. The normalized spacial score (nSPS) is 20.4. The Labute approximate surface area is 125 Å². The van der Waals surface area contributed by atoms with Crippen LogP contribution in [0.2, 0.25) is 0 Å². The van der Waals surface area contributed by atoms with Crippen LogP contribution in [0.15, 0.2) is 23.8 Å². The van der Waals surface area contributed by atoms with Gasteiger partial charge in [0.15, 0.2) is 0 Å². The van der Waals surface area contributed by atoms with Crippen molar-refractivity contribution in [2.45, 2.75) is 38.9 Å². The molecule has 2 rings (SSSR count). The molecule has 6 heteroatoms. The molecule has 0 aromatic carbocycles. The number of hydrogen-bond donors (Lipinski definition) is 1. The second-order valence-electron chi connectivity index (χ2n) is 6.05. The molecule has 0 spiro atoms. The summed E-state index contributed by atoms with van der Waals surface area (Å²) in [5.41, 5.74) is 0.866. The summed E-state index contributed by atoms with van der Waals surface area (Å²) in [6.07, 6.45) is 3.36. The lowest BCUT2D eigenvalue weighted by Gasteiger charge is -2.32. The third-order valence-electron chi connectivity index (χ3n) is 3.99. The van der Waals surface area contributed by atoms with E-state index < -0.39 is 18.3 Å². The van der Waals surface area contributed by atoms with Crippen molar-refractivity contribution in [1.29, 1.82) is 5.26 Å². The minimum absolute atomic E-state index is 0.170. The molecule has 0 radical (unpaired) electrons. The van der Waals surface area contributed by atoms with Crippen molar-refractivity contribution >= 4 is 13.2 Å². The van der Waals surface area contributed by atoms with Crippen LogP contribution in [0.4, 0.5) is 0 Å². The Bertz CT molecular complexity index is 572. The number of pyridine rings is 1. The first-order chi connectivity index (χ1) is 9.79. The number of aliphatic hydroxyl groups excluding tert-OH is 1. The predicted molar refractivity (Wildman–Crippen MR) is 80.1 cm³/mol. The minimum atomic E-state index is -0.587. The number of nitrogens with zero attached hydrogens (tertiary/aromatic N) is 2. The summed E-state index contributed by atoms with van der Waals surface area (Å²) in [5.74, 6) is 0. The fourth-order valence-corrected chi connectivity index (χ4v) is 1.95. The third-order valence-corrected chi connectivity index (χ3v) is 3.99. The van der Waals surface area contributed by atoms with Crippen molar-refractivity contribution in [3.8, 4) is 6.07 Å². The van der Waals surface area contributed by atoms with Gasteiger partial charge < -0.3 is 14.4 Å². The van der Waals surface area contributed by atoms with Gasteiger partial charge in [-0.05, 0) is 44.8 Å². The standard InChI is InChI=1S/C15H19BN2O3/c1-14(2)15(3,4)21-16(20-14)12(10-19)7-11-5-6-13(8-17)18-9-11/h5-7,9,19H,10H2,1-4H3. The van der Waals surface area contributed by atoms with Gasteiger partial charge in [0.25, 0.3) is 0 Å². The number of aromatic nitrogens is 1. The molecule has 1 aromatic rings. The molecule has 1 aliphatic rings. The highest BCUT2D eigenvalue weighted by Crippen LogP contribution is 2.38. The van der Waals surface area contributed by atoms with Gasteiger partial charge in [-0.2, -0.15) is 5.26 Å². The van der Waals surface area contributed by atoms with Gasteiger partial charge in [0, 0.05) is 6.20 Å². The average Bonchev–Trinajstić information content (AvgIpc) is 2.65. The predicted octanol–water partition coefficient (Wildman–Crippen LogP) is 1.96. The SMILES string of the molecule is CC1(C)OB(C(=Cc2ccc(C#N)nc2)CO)OC1(C)C. The molecule has 21 heavy (non-hydrogen) atoms. The number of hydrogen-bond acceptors (Lipinski definition) is 5. The van der Waals surface area contributed by atoms with E-state index in [4.69, 9.17) is 14.6 Å². The van der Waals surface area contributed by atoms with E-state index in [-0.39, 0.29) is 6.61 Å². The highest BCUT2D eigenvalue weighted by atomic mass is 16.7. The zero-order chi connectivity index (χ0) is 15.7. The maximum Gasteiger partial charge on any atom is 0.492 e. The summed E-state index contributed by atoms with van der Waals surface area (Å²) in [6, 6.07) is 5.37.